The van der Waals surface area contributed by atoms with Gasteiger partial charge in [-0.15, -0.1) is 0 Å². The molecule has 2 aromatic carbocycles. The van der Waals surface area contributed by atoms with Crippen LogP contribution in [-0.2, 0) is 0 Å². The molecule has 0 N–H and O–H groups in total. The maximum Gasteiger partial charge on any atom is 0.296 e. The molecule has 0 saturated carbocycles. The van der Waals surface area contributed by atoms with Crippen LogP contribution in [0.5, 0.6) is 0 Å². The second-order valence-corrected chi connectivity index (χ2v) is 7.10. The first kappa shape index (κ1) is 17.4. The van der Waals surface area contributed by atoms with E-state index in [2.05, 4.69) is 5.16 Å². The number of amides is 1. The number of fused-ring (bicyclic) bond motifs is 2. The summed E-state index contributed by atoms with van der Waals surface area (Å²) in [6.07, 6.45) is 0. The van der Waals surface area contributed by atoms with Crippen molar-refractivity contribution in [3.8, 4) is 0 Å². The molecule has 29 heavy (non-hydrogen) atoms. The normalized spacial score (nSPS) is 15.9. The number of halogens is 1. The summed E-state index contributed by atoms with van der Waals surface area (Å²) >= 11 is 0. The number of aromatic nitrogens is 1. The highest BCUT2D eigenvalue weighted by Gasteiger charge is 2.44. The van der Waals surface area contributed by atoms with Gasteiger partial charge in [0, 0.05) is 6.07 Å². The van der Waals surface area contributed by atoms with Crippen LogP contribution in [0.25, 0.3) is 11.0 Å². The van der Waals surface area contributed by atoms with Gasteiger partial charge in [0.2, 0.25) is 5.76 Å². The van der Waals surface area contributed by atoms with Gasteiger partial charge in [0.25, 0.3) is 5.91 Å². The molecular weight excluding hydrogens is 375 g/mol. The van der Waals surface area contributed by atoms with Gasteiger partial charge in [-0.3, -0.25) is 14.5 Å². The lowest BCUT2D eigenvalue weighted by molar-refractivity contribution is 0.0969. The highest BCUT2D eigenvalue weighted by atomic mass is 19.1. The third kappa shape index (κ3) is 2.58. The number of hydrogen-bond acceptors (Lipinski definition) is 5. The number of benzene rings is 2. The van der Waals surface area contributed by atoms with Gasteiger partial charge in [0.05, 0.1) is 17.0 Å². The Hall–Kier alpha value is -3.74. The first-order valence-electron chi connectivity index (χ1n) is 9.04. The van der Waals surface area contributed by atoms with Crippen molar-refractivity contribution in [1.29, 1.82) is 0 Å². The van der Waals surface area contributed by atoms with Crippen LogP contribution >= 0.6 is 0 Å². The van der Waals surface area contributed by atoms with E-state index in [9.17, 15) is 14.0 Å². The van der Waals surface area contributed by atoms with Crippen molar-refractivity contribution < 1.29 is 18.1 Å². The fraction of sp³-hybridized carbons (Fsp3) is 0.136. The van der Waals surface area contributed by atoms with Crippen LogP contribution in [0.15, 0.2) is 62.3 Å². The molecule has 0 radical (unpaired) electrons. The summed E-state index contributed by atoms with van der Waals surface area (Å²) in [6, 6.07) is 12.0. The molecular formula is C22H15FN2O4. The lowest BCUT2D eigenvalue weighted by atomic mass is 9.97. The molecule has 1 atom stereocenters. The van der Waals surface area contributed by atoms with Gasteiger partial charge in [-0.2, -0.15) is 0 Å². The smallest absolute Gasteiger partial charge is 0.296 e. The predicted octanol–water partition coefficient (Wildman–Crippen LogP) is 4.29. The van der Waals surface area contributed by atoms with E-state index in [-0.39, 0.29) is 28.1 Å². The van der Waals surface area contributed by atoms with Gasteiger partial charge in [0.15, 0.2) is 11.2 Å². The summed E-state index contributed by atoms with van der Waals surface area (Å²) in [5, 5.41) is 4.05. The van der Waals surface area contributed by atoms with E-state index in [1.807, 2.05) is 31.2 Å². The van der Waals surface area contributed by atoms with E-state index in [4.69, 9.17) is 8.94 Å². The SMILES string of the molecule is Cc1ccc([C@@H]2c3c(oc4ccc(F)cc4c3=O)C(=O)N2c2cc(C)on2)cc1. The van der Waals surface area contributed by atoms with Crippen LogP contribution in [-0.4, -0.2) is 11.1 Å². The van der Waals surface area contributed by atoms with Gasteiger partial charge in [-0.25, -0.2) is 4.39 Å². The Bertz CT molecular complexity index is 1340. The Kier molecular flexibility index (Phi) is 3.67. The van der Waals surface area contributed by atoms with Crippen LogP contribution in [0.1, 0.15) is 39.0 Å². The van der Waals surface area contributed by atoms with Crippen LogP contribution in [0.3, 0.4) is 0 Å². The molecule has 0 aliphatic carbocycles. The minimum absolute atomic E-state index is 0.0691. The fourth-order valence-corrected chi connectivity index (χ4v) is 3.71. The average Bonchev–Trinajstić information content (AvgIpc) is 3.25. The molecule has 1 aliphatic rings. The highest BCUT2D eigenvalue weighted by molar-refractivity contribution is 6.10. The molecule has 1 aliphatic heterocycles. The average molecular weight is 390 g/mol. The number of carbonyl (C=O) groups is 1. The number of anilines is 1. The molecule has 144 valence electrons. The van der Waals surface area contributed by atoms with Crippen molar-refractivity contribution in [2.75, 3.05) is 4.90 Å². The Morgan fingerprint density at radius 3 is 2.48 bits per heavy atom. The molecule has 0 unspecified atom stereocenters. The van der Waals surface area contributed by atoms with Crippen molar-refractivity contribution >= 4 is 22.7 Å². The minimum Gasteiger partial charge on any atom is -0.450 e. The maximum absolute atomic E-state index is 13.8. The minimum atomic E-state index is -0.758. The van der Waals surface area contributed by atoms with E-state index in [1.165, 1.54) is 17.0 Å². The van der Waals surface area contributed by atoms with Crippen molar-refractivity contribution in [3.05, 3.63) is 92.8 Å². The molecule has 3 heterocycles. The van der Waals surface area contributed by atoms with E-state index < -0.39 is 23.2 Å². The summed E-state index contributed by atoms with van der Waals surface area (Å²) in [4.78, 5) is 27.9. The van der Waals surface area contributed by atoms with Gasteiger partial charge in [-0.05, 0) is 37.6 Å². The Morgan fingerprint density at radius 1 is 1.03 bits per heavy atom. The summed E-state index contributed by atoms with van der Waals surface area (Å²) in [5.41, 5.74) is 1.63. The number of aryl methyl sites for hydroxylation is 2. The van der Waals surface area contributed by atoms with Gasteiger partial charge >= 0.3 is 0 Å². The van der Waals surface area contributed by atoms with Crippen molar-refractivity contribution in [2.45, 2.75) is 19.9 Å². The zero-order valence-corrected chi connectivity index (χ0v) is 15.6. The highest BCUT2D eigenvalue weighted by Crippen LogP contribution is 2.40. The largest absolute Gasteiger partial charge is 0.450 e. The van der Waals surface area contributed by atoms with Crippen molar-refractivity contribution in [1.82, 2.24) is 5.16 Å². The first-order chi connectivity index (χ1) is 13.9. The molecule has 0 bridgehead atoms. The zero-order chi connectivity index (χ0) is 20.3. The third-order valence-electron chi connectivity index (χ3n) is 5.09. The van der Waals surface area contributed by atoms with Gasteiger partial charge in [-0.1, -0.05) is 35.0 Å². The second kappa shape index (κ2) is 6.13. The Balaban J connectivity index is 1.83. The molecule has 0 fully saturated rings. The topological polar surface area (TPSA) is 76.6 Å². The van der Waals surface area contributed by atoms with Crippen LogP contribution in [0.2, 0.25) is 0 Å². The molecule has 2 aromatic heterocycles. The monoisotopic (exact) mass is 390 g/mol. The van der Waals surface area contributed by atoms with E-state index >= 15 is 0 Å². The van der Waals surface area contributed by atoms with Crippen molar-refractivity contribution in [3.63, 3.8) is 0 Å². The second-order valence-electron chi connectivity index (χ2n) is 7.10. The Labute approximate surface area is 164 Å². The molecule has 0 saturated heterocycles. The fourth-order valence-electron chi connectivity index (χ4n) is 3.71. The van der Waals surface area contributed by atoms with Gasteiger partial charge < -0.3 is 8.94 Å². The summed E-state index contributed by atoms with van der Waals surface area (Å²) in [5.74, 6) is -0.315. The molecule has 4 aromatic rings. The van der Waals surface area contributed by atoms with E-state index in [0.29, 0.717) is 11.3 Å². The van der Waals surface area contributed by atoms with Crippen LogP contribution < -0.4 is 10.3 Å². The van der Waals surface area contributed by atoms with E-state index in [1.54, 1.807) is 13.0 Å². The molecule has 0 spiro atoms. The predicted molar refractivity (Wildman–Crippen MR) is 104 cm³/mol. The standard InChI is InChI=1S/C22H15FN2O4/c1-11-3-5-13(6-4-11)19-18-20(26)15-10-14(23)7-8-16(15)28-21(18)22(27)25(19)17-9-12(2)29-24-17/h3-10,19H,1-2H3/t19-/m1/s1. The molecule has 1 amide bonds. The number of nitrogens with zero attached hydrogens (tertiary/aromatic N) is 2. The number of carbonyl (C=O) groups excluding carboxylic acids is 1. The lowest BCUT2D eigenvalue weighted by Gasteiger charge is -2.22. The zero-order valence-electron chi connectivity index (χ0n) is 15.6. The molecule has 5 rings (SSSR count). The molecule has 7 heteroatoms. The summed E-state index contributed by atoms with van der Waals surface area (Å²) in [6.45, 7) is 3.66. The van der Waals surface area contributed by atoms with Crippen LogP contribution in [0.4, 0.5) is 10.2 Å². The van der Waals surface area contributed by atoms with Gasteiger partial charge in [0.1, 0.15) is 17.2 Å². The van der Waals surface area contributed by atoms with Crippen molar-refractivity contribution in [2.24, 2.45) is 0 Å². The summed E-state index contributed by atoms with van der Waals surface area (Å²) < 4.78 is 24.7. The molecule has 6 nitrogen and oxygen atoms in total. The third-order valence-corrected chi connectivity index (χ3v) is 5.09. The number of hydrogen-bond donors (Lipinski definition) is 0. The summed E-state index contributed by atoms with van der Waals surface area (Å²) in [7, 11) is 0. The van der Waals surface area contributed by atoms with Crippen LogP contribution in [0, 0.1) is 19.7 Å². The lowest BCUT2D eigenvalue weighted by Crippen LogP contribution is -2.29. The number of rotatable bonds is 2. The van der Waals surface area contributed by atoms with E-state index in [0.717, 1.165) is 11.6 Å². The maximum atomic E-state index is 13.8. The quantitative estimate of drug-likeness (QED) is 0.510. The first-order valence-corrected chi connectivity index (χ1v) is 9.04. The Morgan fingerprint density at radius 2 is 1.79 bits per heavy atom.